The van der Waals surface area contributed by atoms with Crippen molar-refractivity contribution in [1.29, 1.82) is 0 Å². The Kier molecular flexibility index (Phi) is 3.64. The minimum Gasteiger partial charge on any atom is -0.378 e. The number of rotatable bonds is 3. The van der Waals surface area contributed by atoms with E-state index in [2.05, 4.69) is 30.4 Å². The fourth-order valence-corrected chi connectivity index (χ4v) is 3.37. The van der Waals surface area contributed by atoms with Crippen LogP contribution >= 0.6 is 22.9 Å². The molecule has 0 saturated heterocycles. The molecule has 0 amide bonds. The average Bonchev–Trinajstić information content (AvgIpc) is 2.87. The van der Waals surface area contributed by atoms with Gasteiger partial charge in [-0.05, 0) is 42.6 Å². The summed E-state index contributed by atoms with van der Waals surface area (Å²) in [6.45, 7) is 2.09. The predicted molar refractivity (Wildman–Crippen MR) is 85.3 cm³/mol. The van der Waals surface area contributed by atoms with Gasteiger partial charge < -0.3 is 5.32 Å². The number of thiophene rings is 1. The molecule has 1 unspecified atom stereocenters. The molecule has 0 radical (unpaired) electrons. The number of halogens is 2. The zero-order chi connectivity index (χ0) is 14.1. The van der Waals surface area contributed by atoms with Crippen molar-refractivity contribution in [2.75, 3.05) is 5.32 Å². The zero-order valence-corrected chi connectivity index (χ0v) is 12.4. The molecule has 3 aromatic rings. The van der Waals surface area contributed by atoms with Crippen LogP contribution in [0, 0.1) is 5.82 Å². The van der Waals surface area contributed by atoms with Gasteiger partial charge in [-0.15, -0.1) is 11.3 Å². The summed E-state index contributed by atoms with van der Waals surface area (Å²) in [5.41, 5.74) is 0.821. The molecule has 1 N–H and O–H groups in total. The van der Waals surface area contributed by atoms with Gasteiger partial charge in [0.25, 0.3) is 0 Å². The third-order valence-corrected chi connectivity index (χ3v) is 4.76. The molecule has 1 heterocycles. The zero-order valence-electron chi connectivity index (χ0n) is 10.9. The first-order valence-corrected chi connectivity index (χ1v) is 7.53. The first-order chi connectivity index (χ1) is 9.63. The number of hydrogen-bond acceptors (Lipinski definition) is 2. The molecule has 0 aliphatic heterocycles. The molecule has 102 valence electrons. The topological polar surface area (TPSA) is 12.0 Å². The van der Waals surface area contributed by atoms with E-state index < -0.39 is 5.82 Å². The molecule has 0 spiro atoms. The molecular formula is C16H13ClFNS. The molecule has 1 atom stereocenters. The fraction of sp³-hybridized carbons (Fsp3) is 0.125. The van der Waals surface area contributed by atoms with Crippen molar-refractivity contribution in [2.45, 2.75) is 13.0 Å². The van der Waals surface area contributed by atoms with E-state index in [1.54, 1.807) is 23.5 Å². The Morgan fingerprint density at radius 3 is 2.70 bits per heavy atom. The van der Waals surface area contributed by atoms with E-state index in [4.69, 9.17) is 11.6 Å². The molecule has 0 fully saturated rings. The second kappa shape index (κ2) is 5.43. The highest BCUT2D eigenvalue weighted by atomic mass is 35.5. The smallest absolute Gasteiger partial charge is 0.141 e. The Balaban J connectivity index is 1.84. The monoisotopic (exact) mass is 305 g/mol. The summed E-state index contributed by atoms with van der Waals surface area (Å²) < 4.78 is 14.4. The average molecular weight is 306 g/mol. The normalized spacial score (nSPS) is 12.6. The molecule has 0 bridgehead atoms. The maximum absolute atomic E-state index is 13.1. The predicted octanol–water partition coefficient (Wildman–Crippen LogP) is 5.87. The molecule has 0 saturated carbocycles. The van der Waals surface area contributed by atoms with Gasteiger partial charge in [0.05, 0.1) is 11.1 Å². The van der Waals surface area contributed by atoms with E-state index in [1.165, 1.54) is 21.0 Å². The van der Waals surface area contributed by atoms with Crippen LogP contribution in [0.1, 0.15) is 17.8 Å². The van der Waals surface area contributed by atoms with Gasteiger partial charge in [-0.1, -0.05) is 29.8 Å². The van der Waals surface area contributed by atoms with Crippen LogP contribution in [0.25, 0.3) is 10.1 Å². The second-order valence-electron chi connectivity index (χ2n) is 4.68. The summed E-state index contributed by atoms with van der Waals surface area (Å²) in [5.74, 6) is -0.397. The van der Waals surface area contributed by atoms with Crippen LogP contribution in [0.15, 0.2) is 48.5 Å². The minimum atomic E-state index is -0.397. The van der Waals surface area contributed by atoms with Crippen molar-refractivity contribution in [3.63, 3.8) is 0 Å². The SMILES string of the molecule is CC(Nc1ccc(F)c(Cl)c1)c1cc2ccccc2s1. The standard InChI is InChI=1S/C16H13ClFNS/c1-10(19-12-6-7-14(18)13(17)9-12)16-8-11-4-2-3-5-15(11)20-16/h2-10,19H,1H3. The van der Waals surface area contributed by atoms with Gasteiger partial charge in [0.2, 0.25) is 0 Å². The van der Waals surface area contributed by atoms with E-state index in [-0.39, 0.29) is 11.1 Å². The van der Waals surface area contributed by atoms with Gasteiger partial charge in [0.1, 0.15) is 5.82 Å². The Morgan fingerprint density at radius 1 is 1.15 bits per heavy atom. The number of nitrogens with one attached hydrogen (secondary N) is 1. The van der Waals surface area contributed by atoms with Crippen LogP contribution in [0.2, 0.25) is 5.02 Å². The maximum atomic E-state index is 13.1. The van der Waals surface area contributed by atoms with Crippen LogP contribution in [-0.4, -0.2) is 0 Å². The van der Waals surface area contributed by atoms with Crippen LogP contribution in [0.3, 0.4) is 0 Å². The molecule has 1 aromatic heterocycles. The Labute approximate surface area is 126 Å². The second-order valence-corrected chi connectivity index (χ2v) is 6.20. The van der Waals surface area contributed by atoms with Crippen molar-refractivity contribution in [3.8, 4) is 0 Å². The molecule has 1 nitrogen and oxygen atoms in total. The summed E-state index contributed by atoms with van der Waals surface area (Å²) in [6, 6.07) is 15.3. The Morgan fingerprint density at radius 2 is 1.95 bits per heavy atom. The first kappa shape index (κ1) is 13.4. The third-order valence-electron chi connectivity index (χ3n) is 3.17. The minimum absolute atomic E-state index is 0.138. The number of benzene rings is 2. The van der Waals surface area contributed by atoms with Crippen LogP contribution in [-0.2, 0) is 0 Å². The van der Waals surface area contributed by atoms with Crippen molar-refractivity contribution < 1.29 is 4.39 Å². The van der Waals surface area contributed by atoms with Gasteiger partial charge in [0, 0.05) is 15.3 Å². The van der Waals surface area contributed by atoms with Crippen molar-refractivity contribution >= 4 is 38.7 Å². The fourth-order valence-electron chi connectivity index (χ4n) is 2.12. The summed E-state index contributed by atoms with van der Waals surface area (Å²) in [6.07, 6.45) is 0. The summed E-state index contributed by atoms with van der Waals surface area (Å²) in [4.78, 5) is 1.24. The van der Waals surface area contributed by atoms with Crippen molar-refractivity contribution in [1.82, 2.24) is 0 Å². The van der Waals surface area contributed by atoms with Gasteiger partial charge in [-0.2, -0.15) is 0 Å². The lowest BCUT2D eigenvalue weighted by Crippen LogP contribution is -2.04. The molecule has 20 heavy (non-hydrogen) atoms. The molecule has 2 aromatic carbocycles. The van der Waals surface area contributed by atoms with Crippen LogP contribution in [0.4, 0.5) is 10.1 Å². The van der Waals surface area contributed by atoms with E-state index in [9.17, 15) is 4.39 Å². The van der Waals surface area contributed by atoms with Crippen molar-refractivity contribution in [2.24, 2.45) is 0 Å². The third kappa shape index (κ3) is 2.65. The lowest BCUT2D eigenvalue weighted by Gasteiger charge is -2.13. The molecule has 0 aliphatic carbocycles. The van der Waals surface area contributed by atoms with E-state index >= 15 is 0 Å². The highest BCUT2D eigenvalue weighted by Gasteiger charge is 2.10. The summed E-state index contributed by atoms with van der Waals surface area (Å²) in [5, 5.41) is 4.73. The number of fused-ring (bicyclic) bond motifs is 1. The van der Waals surface area contributed by atoms with E-state index in [0.29, 0.717) is 0 Å². The summed E-state index contributed by atoms with van der Waals surface area (Å²) in [7, 11) is 0. The van der Waals surface area contributed by atoms with Gasteiger partial charge >= 0.3 is 0 Å². The lowest BCUT2D eigenvalue weighted by molar-refractivity contribution is 0.628. The first-order valence-electron chi connectivity index (χ1n) is 6.33. The molecular weight excluding hydrogens is 293 g/mol. The van der Waals surface area contributed by atoms with Gasteiger partial charge in [0.15, 0.2) is 0 Å². The quantitative estimate of drug-likeness (QED) is 0.638. The highest BCUT2D eigenvalue weighted by Crippen LogP contribution is 2.32. The molecule has 3 rings (SSSR count). The lowest BCUT2D eigenvalue weighted by atomic mass is 10.2. The highest BCUT2D eigenvalue weighted by molar-refractivity contribution is 7.19. The summed E-state index contributed by atoms with van der Waals surface area (Å²) >= 11 is 7.56. The van der Waals surface area contributed by atoms with E-state index in [0.717, 1.165) is 5.69 Å². The van der Waals surface area contributed by atoms with Crippen molar-refractivity contribution in [3.05, 3.63) is 64.2 Å². The number of hydrogen-bond donors (Lipinski definition) is 1. The Hall–Kier alpha value is -1.58. The number of anilines is 1. The molecule has 0 aliphatic rings. The Bertz CT molecular complexity index is 720. The molecule has 4 heteroatoms. The van der Waals surface area contributed by atoms with Gasteiger partial charge in [-0.25, -0.2) is 4.39 Å². The largest absolute Gasteiger partial charge is 0.378 e. The van der Waals surface area contributed by atoms with Crippen LogP contribution in [0.5, 0.6) is 0 Å². The van der Waals surface area contributed by atoms with Gasteiger partial charge in [-0.3, -0.25) is 0 Å². The van der Waals surface area contributed by atoms with E-state index in [1.807, 2.05) is 12.1 Å². The maximum Gasteiger partial charge on any atom is 0.141 e. The van der Waals surface area contributed by atoms with Crippen LogP contribution < -0.4 is 5.32 Å².